The summed E-state index contributed by atoms with van der Waals surface area (Å²) in [5.74, 6) is 1.36. The second kappa shape index (κ2) is 5.85. The van der Waals surface area contributed by atoms with Crippen molar-refractivity contribution < 1.29 is 8.42 Å². The summed E-state index contributed by atoms with van der Waals surface area (Å²) >= 11 is 0. The molecule has 90 valence electrons. The van der Waals surface area contributed by atoms with Gasteiger partial charge in [0.2, 0.25) is 0 Å². The van der Waals surface area contributed by atoms with Crippen LogP contribution in [0, 0.1) is 5.92 Å². The van der Waals surface area contributed by atoms with Crippen LogP contribution in [0.2, 0.25) is 0 Å². The van der Waals surface area contributed by atoms with Gasteiger partial charge in [0.25, 0.3) is 0 Å². The van der Waals surface area contributed by atoms with E-state index in [0.717, 1.165) is 5.92 Å². The average Bonchev–Trinajstić information content (AvgIpc) is 3.00. The Balaban J connectivity index is 2.22. The molecule has 0 spiro atoms. The monoisotopic (exact) mass is 233 g/mol. The normalized spacial score (nSPS) is 19.1. The molecule has 1 atom stereocenters. The molecule has 1 unspecified atom stereocenters. The van der Waals surface area contributed by atoms with E-state index in [1.54, 1.807) is 6.92 Å². The molecule has 0 heterocycles. The molecule has 0 saturated heterocycles. The molecule has 1 N–H and O–H groups in total. The van der Waals surface area contributed by atoms with Gasteiger partial charge in [0, 0.05) is 18.3 Å². The summed E-state index contributed by atoms with van der Waals surface area (Å²) in [6.45, 7) is 4.51. The third kappa shape index (κ3) is 4.98. The SMILES string of the molecule is CCCC(NCCS(=O)(=O)CC)C1CC1. The highest BCUT2D eigenvalue weighted by Crippen LogP contribution is 2.34. The standard InChI is InChI=1S/C11H23NO2S/c1-3-5-11(10-6-7-10)12-8-9-15(13,14)4-2/h10-12H,3-9H2,1-2H3. The third-order valence-corrected chi connectivity index (χ3v) is 4.76. The van der Waals surface area contributed by atoms with Crippen LogP contribution in [0.3, 0.4) is 0 Å². The minimum absolute atomic E-state index is 0.260. The highest BCUT2D eigenvalue weighted by atomic mass is 32.2. The van der Waals surface area contributed by atoms with Gasteiger partial charge in [0.05, 0.1) is 5.75 Å². The maximum Gasteiger partial charge on any atom is 0.151 e. The van der Waals surface area contributed by atoms with E-state index in [2.05, 4.69) is 12.2 Å². The summed E-state index contributed by atoms with van der Waals surface area (Å²) in [5, 5.41) is 3.39. The molecule has 0 radical (unpaired) electrons. The maximum atomic E-state index is 11.3. The summed E-state index contributed by atoms with van der Waals surface area (Å²) in [6.07, 6.45) is 4.99. The Morgan fingerprint density at radius 1 is 1.33 bits per heavy atom. The first-order chi connectivity index (χ1) is 7.09. The zero-order chi connectivity index (χ0) is 11.3. The van der Waals surface area contributed by atoms with Crippen LogP contribution in [0.4, 0.5) is 0 Å². The average molecular weight is 233 g/mol. The van der Waals surface area contributed by atoms with Crippen molar-refractivity contribution in [3.8, 4) is 0 Å². The van der Waals surface area contributed by atoms with Crippen molar-refractivity contribution in [2.24, 2.45) is 5.92 Å². The minimum atomic E-state index is -2.80. The van der Waals surface area contributed by atoms with Gasteiger partial charge in [-0.3, -0.25) is 0 Å². The molecule has 1 aliphatic rings. The lowest BCUT2D eigenvalue weighted by molar-refractivity contribution is 0.441. The Kier molecular flexibility index (Phi) is 5.06. The zero-order valence-electron chi connectivity index (χ0n) is 9.83. The Morgan fingerprint density at radius 2 is 2.00 bits per heavy atom. The molecule has 1 fully saturated rings. The fraction of sp³-hybridized carbons (Fsp3) is 1.00. The van der Waals surface area contributed by atoms with Gasteiger partial charge in [-0.05, 0) is 25.2 Å². The number of hydrogen-bond donors (Lipinski definition) is 1. The molecule has 3 nitrogen and oxygen atoms in total. The lowest BCUT2D eigenvalue weighted by atomic mass is 10.1. The molecule has 1 rings (SSSR count). The van der Waals surface area contributed by atoms with E-state index >= 15 is 0 Å². The molecule has 4 heteroatoms. The van der Waals surface area contributed by atoms with Gasteiger partial charge in [-0.15, -0.1) is 0 Å². The van der Waals surface area contributed by atoms with Crippen LogP contribution in [-0.4, -0.2) is 32.5 Å². The van der Waals surface area contributed by atoms with Gasteiger partial charge in [-0.1, -0.05) is 20.3 Å². The largest absolute Gasteiger partial charge is 0.313 e. The van der Waals surface area contributed by atoms with Gasteiger partial charge in [-0.25, -0.2) is 8.42 Å². The predicted molar refractivity (Wildman–Crippen MR) is 63.8 cm³/mol. The van der Waals surface area contributed by atoms with Crippen LogP contribution in [-0.2, 0) is 9.84 Å². The molecule has 0 amide bonds. The lowest BCUT2D eigenvalue weighted by Gasteiger charge is -2.17. The molecule has 0 bridgehead atoms. The first-order valence-corrected chi connectivity index (χ1v) is 7.85. The molecule has 1 saturated carbocycles. The molecular formula is C11H23NO2S. The Morgan fingerprint density at radius 3 is 2.47 bits per heavy atom. The van der Waals surface area contributed by atoms with Crippen LogP contribution < -0.4 is 5.32 Å². The number of hydrogen-bond acceptors (Lipinski definition) is 3. The van der Waals surface area contributed by atoms with Gasteiger partial charge in [0.15, 0.2) is 9.84 Å². The van der Waals surface area contributed by atoms with Crippen LogP contribution >= 0.6 is 0 Å². The van der Waals surface area contributed by atoms with E-state index in [0.29, 0.717) is 12.6 Å². The molecule has 0 aromatic heterocycles. The van der Waals surface area contributed by atoms with Crippen molar-refractivity contribution in [1.82, 2.24) is 5.32 Å². The van der Waals surface area contributed by atoms with Crippen molar-refractivity contribution in [1.29, 1.82) is 0 Å². The van der Waals surface area contributed by atoms with E-state index in [9.17, 15) is 8.42 Å². The number of sulfone groups is 1. The Hall–Kier alpha value is -0.0900. The van der Waals surface area contributed by atoms with E-state index in [1.165, 1.54) is 25.7 Å². The summed E-state index contributed by atoms with van der Waals surface area (Å²) in [5.41, 5.74) is 0. The predicted octanol–water partition coefficient (Wildman–Crippen LogP) is 1.59. The van der Waals surface area contributed by atoms with Crippen molar-refractivity contribution in [3.05, 3.63) is 0 Å². The van der Waals surface area contributed by atoms with Crippen LogP contribution in [0.25, 0.3) is 0 Å². The number of rotatable bonds is 8. The smallest absolute Gasteiger partial charge is 0.151 e. The van der Waals surface area contributed by atoms with E-state index in [1.807, 2.05) is 0 Å². The molecule has 1 aliphatic carbocycles. The second-order valence-corrected chi connectivity index (χ2v) is 6.90. The van der Waals surface area contributed by atoms with E-state index < -0.39 is 9.84 Å². The van der Waals surface area contributed by atoms with Gasteiger partial charge >= 0.3 is 0 Å². The zero-order valence-corrected chi connectivity index (χ0v) is 10.6. The van der Waals surface area contributed by atoms with Crippen LogP contribution in [0.5, 0.6) is 0 Å². The Bertz CT molecular complexity index is 270. The second-order valence-electron chi connectivity index (χ2n) is 4.42. The molecule has 0 aromatic carbocycles. The molecule has 0 aliphatic heterocycles. The van der Waals surface area contributed by atoms with Gasteiger partial charge in [-0.2, -0.15) is 0 Å². The van der Waals surface area contributed by atoms with Gasteiger partial charge in [0.1, 0.15) is 0 Å². The quantitative estimate of drug-likeness (QED) is 0.692. The first kappa shape index (κ1) is 13.0. The van der Waals surface area contributed by atoms with Gasteiger partial charge < -0.3 is 5.32 Å². The van der Waals surface area contributed by atoms with Crippen molar-refractivity contribution >= 4 is 9.84 Å². The van der Waals surface area contributed by atoms with Crippen molar-refractivity contribution in [2.45, 2.75) is 45.6 Å². The minimum Gasteiger partial charge on any atom is -0.313 e. The highest BCUT2D eigenvalue weighted by Gasteiger charge is 2.30. The third-order valence-electron chi connectivity index (χ3n) is 3.05. The topological polar surface area (TPSA) is 46.2 Å². The fourth-order valence-corrected chi connectivity index (χ4v) is 2.58. The van der Waals surface area contributed by atoms with E-state index in [4.69, 9.17) is 0 Å². The number of nitrogens with one attached hydrogen (secondary N) is 1. The van der Waals surface area contributed by atoms with Crippen molar-refractivity contribution in [2.75, 3.05) is 18.1 Å². The van der Waals surface area contributed by atoms with Crippen molar-refractivity contribution in [3.63, 3.8) is 0 Å². The Labute approximate surface area is 93.6 Å². The molecule has 15 heavy (non-hydrogen) atoms. The first-order valence-electron chi connectivity index (χ1n) is 6.03. The fourth-order valence-electron chi connectivity index (χ4n) is 1.86. The lowest BCUT2D eigenvalue weighted by Crippen LogP contribution is -2.35. The summed E-state index contributed by atoms with van der Waals surface area (Å²) in [6, 6.07) is 0.557. The van der Waals surface area contributed by atoms with Crippen LogP contribution in [0.1, 0.15) is 39.5 Å². The summed E-state index contributed by atoms with van der Waals surface area (Å²) in [7, 11) is -2.80. The van der Waals surface area contributed by atoms with E-state index in [-0.39, 0.29) is 11.5 Å². The highest BCUT2D eigenvalue weighted by molar-refractivity contribution is 7.91. The summed E-state index contributed by atoms with van der Waals surface area (Å²) in [4.78, 5) is 0. The maximum absolute atomic E-state index is 11.3. The molecular weight excluding hydrogens is 210 g/mol. The summed E-state index contributed by atoms with van der Waals surface area (Å²) < 4.78 is 22.6. The van der Waals surface area contributed by atoms with Crippen LogP contribution in [0.15, 0.2) is 0 Å². The molecule has 0 aromatic rings.